The number of amides is 1. The Bertz CT molecular complexity index is 648. The van der Waals surface area contributed by atoms with Crippen LogP contribution in [-0.4, -0.2) is 16.1 Å². The van der Waals surface area contributed by atoms with Crippen LogP contribution < -0.4 is 5.32 Å². The first-order valence-electron chi connectivity index (χ1n) is 5.47. The van der Waals surface area contributed by atoms with Gasteiger partial charge in [0.15, 0.2) is 5.69 Å². The van der Waals surface area contributed by atoms with Gasteiger partial charge in [-0.1, -0.05) is 6.07 Å². The second-order valence-electron chi connectivity index (χ2n) is 4.08. The molecule has 106 valence electrons. The topological polar surface area (TPSA) is 57.8 Å². The number of aromatic amines is 1. The zero-order valence-corrected chi connectivity index (χ0v) is 10.2. The molecule has 0 aliphatic heterocycles. The van der Waals surface area contributed by atoms with Crippen LogP contribution in [0.15, 0.2) is 24.3 Å². The molecule has 4 nitrogen and oxygen atoms in total. The van der Waals surface area contributed by atoms with Gasteiger partial charge in [0.05, 0.1) is 0 Å². The monoisotopic (exact) mass is 287 g/mol. The maximum absolute atomic E-state index is 13.0. The van der Waals surface area contributed by atoms with Gasteiger partial charge in [0.2, 0.25) is 0 Å². The van der Waals surface area contributed by atoms with Crippen molar-refractivity contribution in [1.29, 1.82) is 0 Å². The van der Waals surface area contributed by atoms with E-state index in [1.807, 2.05) is 0 Å². The Morgan fingerprint density at radius 3 is 2.60 bits per heavy atom. The average Bonchev–Trinajstić information content (AvgIpc) is 2.83. The number of aromatic nitrogens is 2. The van der Waals surface area contributed by atoms with Gasteiger partial charge in [-0.25, -0.2) is 4.39 Å². The molecule has 0 atom stereocenters. The molecule has 8 heteroatoms. The number of rotatable bonds is 2. The Balaban J connectivity index is 2.20. The fraction of sp³-hybridized carbons (Fsp3) is 0.167. The zero-order valence-electron chi connectivity index (χ0n) is 10.2. The second-order valence-corrected chi connectivity index (χ2v) is 4.08. The Morgan fingerprint density at radius 1 is 1.30 bits per heavy atom. The lowest BCUT2D eigenvalue weighted by Gasteiger charge is -2.06. The third-order valence-electron chi connectivity index (χ3n) is 2.56. The van der Waals surface area contributed by atoms with Crippen molar-refractivity contribution in [2.45, 2.75) is 13.1 Å². The molecule has 0 aliphatic carbocycles. The van der Waals surface area contributed by atoms with E-state index in [-0.39, 0.29) is 5.69 Å². The highest BCUT2D eigenvalue weighted by Gasteiger charge is 2.33. The molecule has 0 bridgehead atoms. The molecule has 20 heavy (non-hydrogen) atoms. The standard InChI is InChI=1S/C12H9F4N3O/c1-6-2-3-7(13)4-8(6)17-11(20)9-5-10(19-18-9)12(14,15)16/h2-5H,1H3,(H,17,20)(H,18,19). The molecule has 2 aromatic rings. The van der Waals surface area contributed by atoms with Crippen LogP contribution in [0.25, 0.3) is 0 Å². The fourth-order valence-electron chi connectivity index (χ4n) is 1.50. The van der Waals surface area contributed by atoms with Gasteiger partial charge in [0.1, 0.15) is 11.5 Å². The van der Waals surface area contributed by atoms with Gasteiger partial charge in [-0.05, 0) is 24.6 Å². The van der Waals surface area contributed by atoms with Crippen LogP contribution in [0.3, 0.4) is 0 Å². The van der Waals surface area contributed by atoms with E-state index in [0.29, 0.717) is 11.6 Å². The minimum atomic E-state index is -4.61. The largest absolute Gasteiger partial charge is 0.432 e. The Kier molecular flexibility index (Phi) is 3.47. The van der Waals surface area contributed by atoms with E-state index < -0.39 is 29.3 Å². The molecular formula is C12H9F4N3O. The number of halogens is 4. The summed E-state index contributed by atoms with van der Waals surface area (Å²) in [6, 6.07) is 4.31. The number of aryl methyl sites for hydroxylation is 1. The number of carbonyl (C=O) groups excluding carboxylic acids is 1. The molecule has 1 aromatic heterocycles. The van der Waals surface area contributed by atoms with E-state index in [1.165, 1.54) is 12.1 Å². The number of carbonyl (C=O) groups is 1. The van der Waals surface area contributed by atoms with E-state index in [1.54, 1.807) is 12.0 Å². The average molecular weight is 287 g/mol. The predicted octanol–water partition coefficient (Wildman–Crippen LogP) is 3.13. The van der Waals surface area contributed by atoms with Crippen LogP contribution in [0.1, 0.15) is 21.7 Å². The van der Waals surface area contributed by atoms with Crippen molar-refractivity contribution in [3.63, 3.8) is 0 Å². The molecule has 2 rings (SSSR count). The molecule has 0 saturated heterocycles. The number of hydrogen-bond acceptors (Lipinski definition) is 2. The first-order valence-corrected chi connectivity index (χ1v) is 5.47. The van der Waals surface area contributed by atoms with Crippen LogP contribution >= 0.6 is 0 Å². The Hall–Kier alpha value is -2.38. The minimum Gasteiger partial charge on any atom is -0.320 e. The maximum atomic E-state index is 13.0. The summed E-state index contributed by atoms with van der Waals surface area (Å²) >= 11 is 0. The fourth-order valence-corrected chi connectivity index (χ4v) is 1.50. The van der Waals surface area contributed by atoms with Gasteiger partial charge in [0.25, 0.3) is 5.91 Å². The highest BCUT2D eigenvalue weighted by Crippen LogP contribution is 2.27. The van der Waals surface area contributed by atoms with Crippen LogP contribution in [0, 0.1) is 12.7 Å². The first-order chi connectivity index (χ1) is 9.27. The van der Waals surface area contributed by atoms with Crippen molar-refractivity contribution in [2.24, 2.45) is 0 Å². The van der Waals surface area contributed by atoms with Crippen molar-refractivity contribution in [2.75, 3.05) is 5.32 Å². The lowest BCUT2D eigenvalue weighted by atomic mass is 10.2. The number of anilines is 1. The molecule has 1 amide bonds. The molecule has 0 saturated carbocycles. The van der Waals surface area contributed by atoms with Crippen LogP contribution in [0.4, 0.5) is 23.2 Å². The summed E-state index contributed by atoms with van der Waals surface area (Å²) in [5.41, 5.74) is -0.808. The third-order valence-corrected chi connectivity index (χ3v) is 2.56. The van der Waals surface area contributed by atoms with E-state index in [9.17, 15) is 22.4 Å². The number of H-pyrrole nitrogens is 1. The Morgan fingerprint density at radius 2 is 2.00 bits per heavy atom. The third kappa shape index (κ3) is 2.95. The van der Waals surface area contributed by atoms with Crippen molar-refractivity contribution < 1.29 is 22.4 Å². The van der Waals surface area contributed by atoms with Gasteiger partial charge in [-0.2, -0.15) is 18.3 Å². The van der Waals surface area contributed by atoms with E-state index in [0.717, 1.165) is 6.07 Å². The summed E-state index contributed by atoms with van der Waals surface area (Å²) in [6.45, 7) is 1.63. The minimum absolute atomic E-state index is 0.173. The highest BCUT2D eigenvalue weighted by molar-refractivity contribution is 6.03. The summed E-state index contributed by atoms with van der Waals surface area (Å²) in [7, 11) is 0. The van der Waals surface area contributed by atoms with E-state index in [2.05, 4.69) is 10.4 Å². The first kappa shape index (κ1) is 14.0. The quantitative estimate of drug-likeness (QED) is 0.834. The predicted molar refractivity (Wildman–Crippen MR) is 62.7 cm³/mol. The molecule has 1 aromatic carbocycles. The van der Waals surface area contributed by atoms with Crippen LogP contribution in [0.2, 0.25) is 0 Å². The number of nitrogens with zero attached hydrogens (tertiary/aromatic N) is 1. The highest BCUT2D eigenvalue weighted by atomic mass is 19.4. The molecule has 0 aliphatic rings. The van der Waals surface area contributed by atoms with Crippen molar-refractivity contribution in [3.8, 4) is 0 Å². The van der Waals surface area contributed by atoms with Crippen molar-refractivity contribution in [1.82, 2.24) is 10.2 Å². The maximum Gasteiger partial charge on any atom is 0.432 e. The molecule has 0 spiro atoms. The van der Waals surface area contributed by atoms with Crippen LogP contribution in [-0.2, 0) is 6.18 Å². The lowest BCUT2D eigenvalue weighted by Crippen LogP contribution is -2.13. The van der Waals surface area contributed by atoms with Crippen molar-refractivity contribution >= 4 is 11.6 Å². The molecule has 0 radical (unpaired) electrons. The molecule has 0 fully saturated rings. The SMILES string of the molecule is Cc1ccc(F)cc1NC(=O)c1cc(C(F)(F)F)[nH]n1. The molecule has 2 N–H and O–H groups in total. The van der Waals surface area contributed by atoms with Gasteiger partial charge >= 0.3 is 6.18 Å². The van der Waals surface area contributed by atoms with E-state index in [4.69, 9.17) is 0 Å². The second kappa shape index (κ2) is 4.95. The number of hydrogen-bond donors (Lipinski definition) is 2. The normalized spacial score (nSPS) is 11.4. The van der Waals surface area contributed by atoms with Gasteiger partial charge in [-0.3, -0.25) is 9.89 Å². The summed E-state index contributed by atoms with van der Waals surface area (Å²) in [5.74, 6) is -1.42. The zero-order chi connectivity index (χ0) is 14.9. The summed E-state index contributed by atoms with van der Waals surface area (Å²) in [6.07, 6.45) is -4.61. The smallest absolute Gasteiger partial charge is 0.320 e. The van der Waals surface area contributed by atoms with E-state index >= 15 is 0 Å². The summed E-state index contributed by atoms with van der Waals surface area (Å²) < 4.78 is 50.1. The van der Waals surface area contributed by atoms with Crippen LogP contribution in [0.5, 0.6) is 0 Å². The number of benzene rings is 1. The molecule has 1 heterocycles. The molecular weight excluding hydrogens is 278 g/mol. The number of nitrogens with one attached hydrogen (secondary N) is 2. The summed E-state index contributed by atoms with van der Waals surface area (Å²) in [4.78, 5) is 11.7. The summed E-state index contributed by atoms with van der Waals surface area (Å²) in [5, 5.41) is 7.31. The molecule has 0 unspecified atom stereocenters. The van der Waals surface area contributed by atoms with Gasteiger partial charge in [-0.15, -0.1) is 0 Å². The number of alkyl halides is 3. The van der Waals surface area contributed by atoms with Gasteiger partial charge in [0, 0.05) is 11.8 Å². The Labute approximate surface area is 110 Å². The van der Waals surface area contributed by atoms with Gasteiger partial charge < -0.3 is 5.32 Å². The lowest BCUT2D eigenvalue weighted by molar-refractivity contribution is -0.141. The van der Waals surface area contributed by atoms with Crippen molar-refractivity contribution in [3.05, 3.63) is 47.0 Å².